The second-order valence-corrected chi connectivity index (χ2v) is 7.35. The van der Waals surface area contributed by atoms with Crippen molar-refractivity contribution in [1.82, 2.24) is 20.2 Å². The molecule has 4 heteroatoms. The number of aromatic amines is 1. The number of fused-ring (bicyclic) bond motifs is 6. The van der Waals surface area contributed by atoms with Gasteiger partial charge in [-0.1, -0.05) is 12.1 Å². The summed E-state index contributed by atoms with van der Waals surface area (Å²) >= 11 is 0. The van der Waals surface area contributed by atoms with E-state index in [0.29, 0.717) is 0 Å². The van der Waals surface area contributed by atoms with E-state index in [0.717, 1.165) is 35.0 Å². The van der Waals surface area contributed by atoms with Crippen LogP contribution in [0.4, 0.5) is 0 Å². The van der Waals surface area contributed by atoms with Crippen molar-refractivity contribution in [3.8, 4) is 11.3 Å². The second-order valence-electron chi connectivity index (χ2n) is 7.35. The monoisotopic (exact) mass is 350 g/mol. The Hall–Kier alpha value is -3.27. The van der Waals surface area contributed by atoms with Gasteiger partial charge >= 0.3 is 0 Å². The zero-order valence-corrected chi connectivity index (χ0v) is 14.9. The van der Waals surface area contributed by atoms with Gasteiger partial charge in [-0.25, -0.2) is 4.98 Å². The van der Waals surface area contributed by atoms with E-state index >= 15 is 0 Å². The van der Waals surface area contributed by atoms with Gasteiger partial charge in [0, 0.05) is 34.1 Å². The topological polar surface area (TPSA) is 54.5 Å². The number of benzene rings is 2. The maximum atomic E-state index is 5.14. The highest BCUT2D eigenvalue weighted by atomic mass is 15.1. The Bertz CT molecular complexity index is 1330. The van der Waals surface area contributed by atoms with Crippen molar-refractivity contribution >= 4 is 32.6 Å². The molecule has 4 nitrogen and oxygen atoms in total. The molecule has 130 valence electrons. The first-order valence-electron chi connectivity index (χ1n) is 9.50. The molecule has 0 saturated heterocycles. The first kappa shape index (κ1) is 14.9. The third-order valence-electron chi connectivity index (χ3n) is 5.80. The van der Waals surface area contributed by atoms with Crippen LogP contribution in [0.2, 0.25) is 0 Å². The van der Waals surface area contributed by atoms with Crippen LogP contribution in [0.5, 0.6) is 0 Å². The number of nitrogens with one attached hydrogen (secondary N) is 1. The van der Waals surface area contributed by atoms with Crippen LogP contribution in [-0.2, 0) is 12.8 Å². The van der Waals surface area contributed by atoms with E-state index in [1.807, 2.05) is 18.6 Å². The second kappa shape index (κ2) is 5.61. The Morgan fingerprint density at radius 2 is 1.78 bits per heavy atom. The molecule has 1 aliphatic carbocycles. The third kappa shape index (κ3) is 2.19. The van der Waals surface area contributed by atoms with E-state index in [4.69, 9.17) is 4.98 Å². The van der Waals surface area contributed by atoms with Gasteiger partial charge in [0.2, 0.25) is 0 Å². The van der Waals surface area contributed by atoms with Crippen molar-refractivity contribution < 1.29 is 0 Å². The van der Waals surface area contributed by atoms with E-state index < -0.39 is 0 Å². The van der Waals surface area contributed by atoms with E-state index in [-0.39, 0.29) is 0 Å². The molecule has 0 atom stereocenters. The average Bonchev–Trinajstić information content (AvgIpc) is 3.21. The Morgan fingerprint density at radius 3 is 2.74 bits per heavy atom. The number of H-pyrrole nitrogens is 1. The molecular weight excluding hydrogens is 332 g/mol. The molecule has 0 saturated carbocycles. The molecule has 0 bridgehead atoms. The molecule has 27 heavy (non-hydrogen) atoms. The Morgan fingerprint density at radius 1 is 0.852 bits per heavy atom. The number of hydrogen-bond acceptors (Lipinski definition) is 3. The summed E-state index contributed by atoms with van der Waals surface area (Å²) in [5.41, 5.74) is 7.36. The molecule has 6 rings (SSSR count). The van der Waals surface area contributed by atoms with Crippen molar-refractivity contribution in [3.63, 3.8) is 0 Å². The molecule has 0 aliphatic heterocycles. The predicted octanol–water partition coefficient (Wildman–Crippen LogP) is 5.21. The fourth-order valence-electron chi connectivity index (χ4n) is 4.52. The van der Waals surface area contributed by atoms with Gasteiger partial charge < -0.3 is 0 Å². The molecule has 1 aliphatic rings. The number of nitrogens with zero attached hydrogens (tertiary/aromatic N) is 3. The number of hydrogen-bond donors (Lipinski definition) is 1. The zero-order valence-electron chi connectivity index (χ0n) is 14.9. The molecule has 0 spiro atoms. The van der Waals surface area contributed by atoms with Gasteiger partial charge in [0.05, 0.1) is 22.9 Å². The van der Waals surface area contributed by atoms with E-state index in [1.165, 1.54) is 45.7 Å². The average molecular weight is 350 g/mol. The standard InChI is InChI=1S/C23H18N4/c1-2-4-18-17(3-1)22-19-13-25-27-20(19)7-8-21(22)26-23(18)15-5-6-16-12-24-10-9-14(16)11-15/h5-13H,1-4H2,(H,25,27). The number of aryl methyl sites for hydroxylation is 1. The van der Waals surface area contributed by atoms with Crippen LogP contribution in [0.3, 0.4) is 0 Å². The van der Waals surface area contributed by atoms with Crippen LogP contribution in [0.15, 0.2) is 55.0 Å². The van der Waals surface area contributed by atoms with Gasteiger partial charge in [-0.3, -0.25) is 10.1 Å². The molecule has 5 aromatic rings. The number of pyridine rings is 2. The van der Waals surface area contributed by atoms with Crippen LogP contribution in [0.1, 0.15) is 24.0 Å². The lowest BCUT2D eigenvalue weighted by Gasteiger charge is -2.22. The molecule has 0 radical (unpaired) electrons. The fourth-order valence-corrected chi connectivity index (χ4v) is 4.52. The summed E-state index contributed by atoms with van der Waals surface area (Å²) in [5, 5.41) is 12.2. The maximum Gasteiger partial charge on any atom is 0.0744 e. The quantitative estimate of drug-likeness (QED) is 0.452. The Balaban J connectivity index is 1.70. The molecule has 0 amide bonds. The molecule has 1 N–H and O–H groups in total. The van der Waals surface area contributed by atoms with Crippen LogP contribution < -0.4 is 0 Å². The Labute approximate surface area is 156 Å². The highest BCUT2D eigenvalue weighted by molar-refractivity contribution is 6.07. The number of aromatic nitrogens is 4. The lowest BCUT2D eigenvalue weighted by Crippen LogP contribution is -2.07. The van der Waals surface area contributed by atoms with Gasteiger partial charge in [-0.05, 0) is 66.5 Å². The summed E-state index contributed by atoms with van der Waals surface area (Å²) in [6.45, 7) is 0. The minimum atomic E-state index is 1.06. The van der Waals surface area contributed by atoms with Crippen LogP contribution in [-0.4, -0.2) is 20.2 Å². The first-order valence-corrected chi connectivity index (χ1v) is 9.50. The van der Waals surface area contributed by atoms with Crippen LogP contribution >= 0.6 is 0 Å². The minimum Gasteiger partial charge on any atom is -0.278 e. The van der Waals surface area contributed by atoms with Crippen LogP contribution in [0, 0.1) is 0 Å². The minimum absolute atomic E-state index is 1.06. The highest BCUT2D eigenvalue weighted by Gasteiger charge is 2.21. The van der Waals surface area contributed by atoms with Crippen molar-refractivity contribution in [2.45, 2.75) is 25.7 Å². The van der Waals surface area contributed by atoms with Gasteiger partial charge in [-0.2, -0.15) is 5.10 Å². The SMILES string of the molecule is c1cc2cc(-c3nc4ccc5[nH]ncc5c4c4c3CCCC4)ccc2cn1. The van der Waals surface area contributed by atoms with Gasteiger partial charge in [0.25, 0.3) is 0 Å². The van der Waals surface area contributed by atoms with Gasteiger partial charge in [0.1, 0.15) is 0 Å². The number of rotatable bonds is 1. The lowest BCUT2D eigenvalue weighted by molar-refractivity contribution is 0.689. The van der Waals surface area contributed by atoms with E-state index in [2.05, 4.69) is 51.6 Å². The lowest BCUT2D eigenvalue weighted by atomic mass is 9.85. The summed E-state index contributed by atoms with van der Waals surface area (Å²) in [5.74, 6) is 0. The highest BCUT2D eigenvalue weighted by Crippen LogP contribution is 2.38. The summed E-state index contributed by atoms with van der Waals surface area (Å²) in [6.07, 6.45) is 10.4. The smallest absolute Gasteiger partial charge is 0.0744 e. The van der Waals surface area contributed by atoms with Crippen molar-refractivity contribution in [1.29, 1.82) is 0 Å². The third-order valence-corrected chi connectivity index (χ3v) is 5.80. The van der Waals surface area contributed by atoms with Crippen molar-refractivity contribution in [3.05, 3.63) is 66.1 Å². The van der Waals surface area contributed by atoms with Gasteiger partial charge in [-0.15, -0.1) is 0 Å². The first-order chi connectivity index (χ1) is 13.4. The summed E-state index contributed by atoms with van der Waals surface area (Å²) in [6, 6.07) is 12.9. The molecular formula is C23H18N4. The summed E-state index contributed by atoms with van der Waals surface area (Å²) < 4.78 is 0. The molecule has 3 aromatic heterocycles. The van der Waals surface area contributed by atoms with E-state index in [1.54, 1.807) is 0 Å². The summed E-state index contributed by atoms with van der Waals surface area (Å²) in [7, 11) is 0. The Kier molecular flexibility index (Phi) is 3.09. The van der Waals surface area contributed by atoms with E-state index in [9.17, 15) is 0 Å². The van der Waals surface area contributed by atoms with Crippen molar-refractivity contribution in [2.75, 3.05) is 0 Å². The fraction of sp³-hybridized carbons (Fsp3) is 0.174. The maximum absolute atomic E-state index is 5.14. The largest absolute Gasteiger partial charge is 0.278 e. The molecule has 2 aromatic carbocycles. The summed E-state index contributed by atoms with van der Waals surface area (Å²) in [4.78, 5) is 9.36. The predicted molar refractivity (Wildman–Crippen MR) is 109 cm³/mol. The zero-order chi connectivity index (χ0) is 17.8. The molecule has 3 heterocycles. The van der Waals surface area contributed by atoms with Crippen molar-refractivity contribution in [2.24, 2.45) is 0 Å². The normalized spacial score (nSPS) is 14.1. The molecule has 0 fully saturated rings. The van der Waals surface area contributed by atoms with Crippen LogP contribution in [0.25, 0.3) is 43.8 Å². The van der Waals surface area contributed by atoms with Gasteiger partial charge in [0.15, 0.2) is 0 Å². The molecule has 0 unspecified atom stereocenters.